The van der Waals surface area contributed by atoms with Crippen LogP contribution >= 0.6 is 0 Å². The number of carbonyl (C=O) groups excluding carboxylic acids is 3. The second-order valence-electron chi connectivity index (χ2n) is 9.28. The Kier molecular flexibility index (Phi) is 9.90. The van der Waals surface area contributed by atoms with Crippen molar-refractivity contribution in [1.82, 2.24) is 0 Å². The van der Waals surface area contributed by atoms with Crippen molar-refractivity contribution in [2.45, 2.75) is 62.4 Å². The van der Waals surface area contributed by atoms with Gasteiger partial charge in [0.25, 0.3) is 0 Å². The Morgan fingerprint density at radius 3 is 2.51 bits per heavy atom. The maximum Gasteiger partial charge on any atom is 0.0952 e. The Morgan fingerprint density at radius 2 is 1.92 bits per heavy atom. The van der Waals surface area contributed by atoms with Crippen LogP contribution < -0.4 is 5.73 Å². The van der Waals surface area contributed by atoms with Crippen LogP contribution in [-0.4, -0.2) is 96.2 Å². The molecule has 1 aromatic rings. The number of aliphatic hydroxyl groups excluding tert-OH is 3. The fourth-order valence-electron chi connectivity index (χ4n) is 4.99. The van der Waals surface area contributed by atoms with Gasteiger partial charge in [0.15, 0.2) is 0 Å². The van der Waals surface area contributed by atoms with E-state index in [1.54, 1.807) is 11.3 Å². The number of phenolic OH excluding ortho intramolecular Hbond substituents is 2. The van der Waals surface area contributed by atoms with Crippen LogP contribution in [0.15, 0.2) is 17.7 Å². The number of ketones is 3. The zero-order chi connectivity index (χ0) is 29.2. The number of benzene rings is 1. The molecule has 0 bridgehead atoms. The molecule has 13 heteroatoms. The van der Waals surface area contributed by atoms with Gasteiger partial charge >= 0.3 is 171 Å². The molecule has 6 atom stereocenters. The molecule has 1 saturated heterocycles. The first-order chi connectivity index (χ1) is 18.4. The van der Waals surface area contributed by atoms with Crippen molar-refractivity contribution in [3.8, 4) is 11.5 Å². The van der Waals surface area contributed by atoms with E-state index in [0.717, 1.165) is 7.11 Å². The Morgan fingerprint density at radius 1 is 1.26 bits per heavy atom. The number of hydrogen-bond acceptors (Lipinski definition) is 12. The van der Waals surface area contributed by atoms with Gasteiger partial charge in [0, 0.05) is 19.6 Å². The standard InChI is InChI=1S/C25H26NO10.CH4O.Pt/c1-3-4-11-5-14(28)19-20(22(11)31)23(32)12-7-25(34,16(29)9-27)8-15(18(12)24(19)33)36-17-6-13(26)21(30)10(2)35-17;1-2;/h1,3-4,10,13,15,17,21,27,30,32-34H,6-9,26H2,2H3;2H,1H3;/q-1;;/b4-3-;;/t10-,13-,15-,17-,21+,25-;;/m0../s1. The quantitative estimate of drug-likeness (QED) is 0.137. The molecule has 1 heterocycles. The summed E-state index contributed by atoms with van der Waals surface area (Å²) in [7, 11) is 1.00. The summed E-state index contributed by atoms with van der Waals surface area (Å²) in [5, 5.41) is 60.1. The molecule has 3 aliphatic rings. The van der Waals surface area contributed by atoms with Crippen molar-refractivity contribution in [3.63, 3.8) is 0 Å². The van der Waals surface area contributed by atoms with Crippen LogP contribution in [0.25, 0.3) is 0 Å². The van der Waals surface area contributed by atoms with E-state index in [-0.39, 0.29) is 23.1 Å². The van der Waals surface area contributed by atoms with Gasteiger partial charge in [-0.25, -0.2) is 0 Å². The molecule has 2 aliphatic carbocycles. The summed E-state index contributed by atoms with van der Waals surface area (Å²) in [6, 6.07) is -0.717. The van der Waals surface area contributed by atoms with Crippen LogP contribution in [0, 0.1) is 6.08 Å². The largest absolute Gasteiger partial charge is 0.389 e. The van der Waals surface area contributed by atoms with E-state index >= 15 is 0 Å². The monoisotopic (exact) mass is 727 g/mol. The van der Waals surface area contributed by atoms with E-state index in [4.69, 9.17) is 20.3 Å². The van der Waals surface area contributed by atoms with Crippen molar-refractivity contribution >= 4 is 21.8 Å². The van der Waals surface area contributed by atoms with Gasteiger partial charge in [-0.2, -0.15) is 0 Å². The van der Waals surface area contributed by atoms with E-state index in [1.165, 1.54) is 12.2 Å². The number of phenols is 2. The maximum atomic E-state index is 13.1. The third-order valence-corrected chi connectivity index (χ3v) is 7.34. The number of nitrogens with two attached hydrogens (primary N) is 1. The molecular weight excluding hydrogens is 697 g/mol. The summed E-state index contributed by atoms with van der Waals surface area (Å²) in [5.41, 5.74) is 2.34. The van der Waals surface area contributed by atoms with E-state index in [9.17, 15) is 39.9 Å². The molecule has 0 unspecified atom stereocenters. The van der Waals surface area contributed by atoms with Gasteiger partial charge < -0.3 is 25.8 Å². The first kappa shape index (κ1) is 31.1. The third-order valence-electron chi connectivity index (χ3n) is 6.90. The average molecular weight is 728 g/mol. The predicted molar refractivity (Wildman–Crippen MR) is 131 cm³/mol. The number of carbonyl (C=O) groups is 3. The molecule has 4 rings (SSSR count). The van der Waals surface area contributed by atoms with Crippen LogP contribution in [-0.2, 0) is 40.0 Å². The predicted octanol–water partition coefficient (Wildman–Crippen LogP) is -1.16. The van der Waals surface area contributed by atoms with Crippen LogP contribution in [0.5, 0.6) is 11.5 Å². The molecule has 0 radical (unpaired) electrons. The number of hydrogen-bond donors (Lipinski definition) is 7. The van der Waals surface area contributed by atoms with Gasteiger partial charge in [-0.3, -0.25) is 0 Å². The molecule has 0 aromatic heterocycles. The molecule has 216 valence electrons. The normalized spacial score (nSPS) is 30.2. The molecule has 1 aliphatic heterocycles. The number of rotatable bonds is 6. The second-order valence-corrected chi connectivity index (χ2v) is 10.0. The van der Waals surface area contributed by atoms with Crippen LogP contribution in [0.4, 0.5) is 0 Å². The fourth-order valence-corrected chi connectivity index (χ4v) is 5.20. The smallest absolute Gasteiger partial charge is 0.0952 e. The molecule has 0 saturated carbocycles. The van der Waals surface area contributed by atoms with E-state index in [1.807, 2.05) is 19.4 Å². The summed E-state index contributed by atoms with van der Waals surface area (Å²) >= 11 is 1.90. The summed E-state index contributed by atoms with van der Waals surface area (Å²) in [5.74, 6) is -3.96. The summed E-state index contributed by atoms with van der Waals surface area (Å²) in [6.07, 6.45) is 0.171. The Bertz CT molecular complexity index is 1230. The van der Waals surface area contributed by atoms with Gasteiger partial charge in [0.05, 0.1) is 12.2 Å². The minimum atomic E-state index is -2.23. The molecule has 0 amide bonds. The zero-order valence-corrected chi connectivity index (χ0v) is 23.3. The number of Topliss-reactive ketones (excluding diaryl/α,β-unsaturated/α-hetero) is 3. The minimum absolute atomic E-state index is 0.0267. The van der Waals surface area contributed by atoms with Crippen LogP contribution in [0.2, 0.25) is 0 Å². The van der Waals surface area contributed by atoms with Crippen molar-refractivity contribution < 1.29 is 73.8 Å². The topological polar surface area (TPSA) is 217 Å². The van der Waals surface area contributed by atoms with Gasteiger partial charge in [0.2, 0.25) is 0 Å². The number of fused-ring (bicyclic) bond motifs is 2. The van der Waals surface area contributed by atoms with Crippen molar-refractivity contribution in [3.05, 3.63) is 46.1 Å². The molecule has 12 nitrogen and oxygen atoms in total. The van der Waals surface area contributed by atoms with Crippen molar-refractivity contribution in [2.75, 3.05) is 13.7 Å². The molecule has 1 fully saturated rings. The van der Waals surface area contributed by atoms with E-state index in [2.05, 4.69) is 6.08 Å². The zero-order valence-electron chi connectivity index (χ0n) is 21.1. The van der Waals surface area contributed by atoms with Gasteiger partial charge in [0.1, 0.15) is 0 Å². The second kappa shape index (κ2) is 12.4. The van der Waals surface area contributed by atoms with Gasteiger partial charge in [-0.15, -0.1) is 0 Å². The molecular formula is C26H30NO11Pt-. The number of aromatic hydroxyl groups is 2. The van der Waals surface area contributed by atoms with Crippen LogP contribution in [0.1, 0.15) is 57.7 Å². The third kappa shape index (κ3) is 5.75. The number of aliphatic hydroxyl groups is 4. The minimum Gasteiger partial charge on any atom is -0.389 e. The van der Waals surface area contributed by atoms with E-state index < -0.39 is 95.7 Å². The summed E-state index contributed by atoms with van der Waals surface area (Å²) in [4.78, 5) is 38.6. The molecule has 39 heavy (non-hydrogen) atoms. The average Bonchev–Trinajstić information content (AvgIpc) is 2.90. The summed E-state index contributed by atoms with van der Waals surface area (Å²) in [6.45, 7) is 0.565. The first-order valence-electron chi connectivity index (χ1n) is 11.9. The molecule has 1 aromatic carbocycles. The Hall–Kier alpha value is -2.41. The molecule has 8 N–H and O–H groups in total. The van der Waals surface area contributed by atoms with Gasteiger partial charge in [-0.05, 0) is 6.92 Å². The van der Waals surface area contributed by atoms with Crippen molar-refractivity contribution in [2.24, 2.45) is 5.73 Å². The Balaban J connectivity index is 0.00000205. The first-order valence-corrected chi connectivity index (χ1v) is 13.2. The Labute approximate surface area is 234 Å². The summed E-state index contributed by atoms with van der Waals surface area (Å²) < 4.78 is 13.2. The number of allylic oxidation sites excluding steroid dienone is 4. The van der Waals surface area contributed by atoms with Crippen LogP contribution in [0.3, 0.4) is 0 Å². The number of ether oxygens (including phenoxy) is 2. The van der Waals surface area contributed by atoms with Gasteiger partial charge in [-0.1, -0.05) is 0 Å². The maximum absolute atomic E-state index is 13.1. The fraction of sp³-hybridized carbons (Fsp3) is 0.462. The molecule has 0 spiro atoms. The van der Waals surface area contributed by atoms with E-state index in [0.29, 0.717) is 0 Å². The SMILES string of the molecule is CO.C[C@@H]1O[C@@H](O[C@H]2C[C@](O)(C(=O)CO)Cc3c(O)c4c(c(O)c32)C(=O)[C-]=C(/C=C\[CH]=[Pt])C4=O)C[C@H](N)[C@@H]1O. The van der Waals surface area contributed by atoms with Crippen molar-refractivity contribution in [1.29, 1.82) is 0 Å².